The third-order valence-corrected chi connectivity index (χ3v) is 1.70. The summed E-state index contributed by atoms with van der Waals surface area (Å²) in [5.41, 5.74) is 6.11. The summed E-state index contributed by atoms with van der Waals surface area (Å²) in [7, 11) is 1.52. The molecule has 2 N–H and O–H groups in total. The Morgan fingerprint density at radius 3 is 2.93 bits per heavy atom. The number of nitrogens with two attached hydrogens (primary N) is 1. The van der Waals surface area contributed by atoms with Crippen LogP contribution in [0.2, 0.25) is 0 Å². The summed E-state index contributed by atoms with van der Waals surface area (Å²) in [5.74, 6) is 1.22. The lowest BCUT2D eigenvalue weighted by atomic mass is 10.3. The number of hydrogen-bond acceptors (Lipinski definition) is 5. The van der Waals surface area contributed by atoms with Crippen molar-refractivity contribution >= 4 is 5.95 Å². The quantitative estimate of drug-likeness (QED) is 0.775. The Labute approximate surface area is 80.5 Å². The van der Waals surface area contributed by atoms with E-state index in [-0.39, 0.29) is 5.95 Å². The van der Waals surface area contributed by atoms with Crippen LogP contribution in [-0.4, -0.2) is 17.1 Å². The Morgan fingerprint density at radius 1 is 1.43 bits per heavy atom. The standard InChI is InChI=1S/C9H9N3O2/c1-13-8-5-6(11-9(10)12-8)7-3-2-4-14-7/h2-5H,1H3,(H2,10,11,12). The predicted molar refractivity (Wildman–Crippen MR) is 50.7 cm³/mol. The molecule has 0 aromatic carbocycles. The van der Waals surface area contributed by atoms with Crippen LogP contribution in [0.25, 0.3) is 11.5 Å². The van der Waals surface area contributed by atoms with Gasteiger partial charge < -0.3 is 14.9 Å². The van der Waals surface area contributed by atoms with Gasteiger partial charge in [0.25, 0.3) is 0 Å². The van der Waals surface area contributed by atoms with Crippen molar-refractivity contribution in [2.24, 2.45) is 0 Å². The number of methoxy groups -OCH3 is 1. The maximum absolute atomic E-state index is 5.50. The van der Waals surface area contributed by atoms with Gasteiger partial charge in [0.15, 0.2) is 5.76 Å². The molecule has 72 valence electrons. The van der Waals surface area contributed by atoms with Crippen molar-refractivity contribution < 1.29 is 9.15 Å². The minimum Gasteiger partial charge on any atom is -0.481 e. The first-order valence-corrected chi connectivity index (χ1v) is 4.02. The lowest BCUT2D eigenvalue weighted by Gasteiger charge is -2.01. The first-order chi connectivity index (χ1) is 6.79. The molecule has 5 heteroatoms. The third kappa shape index (κ3) is 1.52. The first kappa shape index (κ1) is 8.55. The Balaban J connectivity index is 2.48. The summed E-state index contributed by atoms with van der Waals surface area (Å²) in [4.78, 5) is 7.88. The van der Waals surface area contributed by atoms with Crippen LogP contribution in [-0.2, 0) is 0 Å². The highest BCUT2D eigenvalue weighted by Crippen LogP contribution is 2.21. The maximum Gasteiger partial charge on any atom is 0.223 e. The van der Waals surface area contributed by atoms with E-state index in [9.17, 15) is 0 Å². The third-order valence-electron chi connectivity index (χ3n) is 1.70. The summed E-state index contributed by atoms with van der Waals surface area (Å²) >= 11 is 0. The molecule has 0 atom stereocenters. The molecule has 2 heterocycles. The molecular weight excluding hydrogens is 182 g/mol. The monoisotopic (exact) mass is 191 g/mol. The van der Waals surface area contributed by atoms with Gasteiger partial charge in [0.05, 0.1) is 13.4 Å². The number of ether oxygens (including phenoxy) is 1. The predicted octanol–water partition coefficient (Wildman–Crippen LogP) is 1.33. The smallest absolute Gasteiger partial charge is 0.223 e. The van der Waals surface area contributed by atoms with Gasteiger partial charge in [-0.1, -0.05) is 0 Å². The Kier molecular flexibility index (Phi) is 2.06. The van der Waals surface area contributed by atoms with Crippen LogP contribution < -0.4 is 10.5 Å². The fraction of sp³-hybridized carbons (Fsp3) is 0.111. The topological polar surface area (TPSA) is 74.2 Å². The van der Waals surface area contributed by atoms with Gasteiger partial charge in [0.2, 0.25) is 11.8 Å². The van der Waals surface area contributed by atoms with Crippen molar-refractivity contribution in [2.75, 3.05) is 12.8 Å². The van der Waals surface area contributed by atoms with E-state index < -0.39 is 0 Å². The second-order valence-electron chi connectivity index (χ2n) is 2.63. The molecule has 14 heavy (non-hydrogen) atoms. The van der Waals surface area contributed by atoms with Crippen LogP contribution >= 0.6 is 0 Å². The summed E-state index contributed by atoms with van der Waals surface area (Å²) in [6.45, 7) is 0. The zero-order chi connectivity index (χ0) is 9.97. The molecule has 0 radical (unpaired) electrons. The largest absolute Gasteiger partial charge is 0.481 e. The summed E-state index contributed by atoms with van der Waals surface area (Å²) in [5, 5.41) is 0. The zero-order valence-electron chi connectivity index (χ0n) is 7.60. The van der Waals surface area contributed by atoms with Crippen molar-refractivity contribution in [1.29, 1.82) is 0 Å². The van der Waals surface area contributed by atoms with Gasteiger partial charge in [-0.3, -0.25) is 0 Å². The molecule has 0 saturated heterocycles. The van der Waals surface area contributed by atoms with Gasteiger partial charge in [-0.25, -0.2) is 4.98 Å². The Bertz CT molecular complexity index is 426. The zero-order valence-corrected chi connectivity index (χ0v) is 7.60. The average molecular weight is 191 g/mol. The highest BCUT2D eigenvalue weighted by Gasteiger charge is 2.06. The van der Waals surface area contributed by atoms with Crippen LogP contribution in [0.3, 0.4) is 0 Å². The van der Waals surface area contributed by atoms with Crippen LogP contribution in [0.15, 0.2) is 28.9 Å². The number of hydrogen-bond donors (Lipinski definition) is 1. The van der Waals surface area contributed by atoms with Crippen molar-refractivity contribution in [3.63, 3.8) is 0 Å². The molecule has 5 nitrogen and oxygen atoms in total. The van der Waals surface area contributed by atoms with Crippen LogP contribution in [0.1, 0.15) is 0 Å². The van der Waals surface area contributed by atoms with Gasteiger partial charge in [0.1, 0.15) is 5.69 Å². The number of rotatable bonds is 2. The Hall–Kier alpha value is -2.04. The van der Waals surface area contributed by atoms with E-state index in [1.165, 1.54) is 7.11 Å². The molecule has 0 saturated carbocycles. The van der Waals surface area contributed by atoms with Crippen LogP contribution in [0, 0.1) is 0 Å². The summed E-state index contributed by atoms with van der Waals surface area (Å²) in [6.07, 6.45) is 1.57. The lowest BCUT2D eigenvalue weighted by Crippen LogP contribution is -1.98. The molecule has 0 unspecified atom stereocenters. The highest BCUT2D eigenvalue weighted by molar-refractivity contribution is 5.54. The number of furan rings is 1. The highest BCUT2D eigenvalue weighted by atomic mass is 16.5. The molecule has 0 aliphatic rings. The van der Waals surface area contributed by atoms with Gasteiger partial charge in [-0.15, -0.1) is 0 Å². The molecule has 0 spiro atoms. The van der Waals surface area contributed by atoms with Crippen molar-refractivity contribution in [1.82, 2.24) is 9.97 Å². The van der Waals surface area contributed by atoms with Crippen LogP contribution in [0.4, 0.5) is 5.95 Å². The van der Waals surface area contributed by atoms with E-state index in [0.29, 0.717) is 17.3 Å². The van der Waals surface area contributed by atoms with Gasteiger partial charge in [-0.2, -0.15) is 4.98 Å². The molecule has 0 aliphatic carbocycles. The number of nitrogen functional groups attached to an aromatic ring is 1. The molecular formula is C9H9N3O2. The average Bonchev–Trinajstić information content (AvgIpc) is 2.69. The summed E-state index contributed by atoms with van der Waals surface area (Å²) < 4.78 is 10.1. The minimum atomic E-state index is 0.163. The Morgan fingerprint density at radius 2 is 2.29 bits per heavy atom. The normalized spacial score (nSPS) is 10.1. The number of aromatic nitrogens is 2. The molecule has 2 aromatic heterocycles. The van der Waals surface area contributed by atoms with Crippen LogP contribution in [0.5, 0.6) is 5.88 Å². The number of anilines is 1. The molecule has 0 bridgehead atoms. The van der Waals surface area contributed by atoms with Crippen molar-refractivity contribution in [2.45, 2.75) is 0 Å². The molecule has 0 fully saturated rings. The van der Waals surface area contributed by atoms with Gasteiger partial charge in [0, 0.05) is 6.07 Å². The van der Waals surface area contributed by atoms with E-state index in [0.717, 1.165) is 0 Å². The summed E-state index contributed by atoms with van der Waals surface area (Å²) in [6, 6.07) is 5.23. The maximum atomic E-state index is 5.50. The molecule has 0 amide bonds. The minimum absolute atomic E-state index is 0.163. The second-order valence-corrected chi connectivity index (χ2v) is 2.63. The molecule has 0 aliphatic heterocycles. The molecule has 2 aromatic rings. The van der Waals surface area contributed by atoms with E-state index in [2.05, 4.69) is 9.97 Å². The SMILES string of the molecule is COc1cc(-c2ccco2)nc(N)n1. The van der Waals surface area contributed by atoms with E-state index >= 15 is 0 Å². The fourth-order valence-electron chi connectivity index (χ4n) is 1.10. The van der Waals surface area contributed by atoms with Crippen molar-refractivity contribution in [3.05, 3.63) is 24.5 Å². The van der Waals surface area contributed by atoms with E-state index in [1.54, 1.807) is 24.5 Å². The fourth-order valence-corrected chi connectivity index (χ4v) is 1.10. The van der Waals surface area contributed by atoms with Gasteiger partial charge in [-0.05, 0) is 12.1 Å². The van der Waals surface area contributed by atoms with Gasteiger partial charge >= 0.3 is 0 Å². The molecule has 2 rings (SSSR count). The number of nitrogens with zero attached hydrogens (tertiary/aromatic N) is 2. The van der Waals surface area contributed by atoms with E-state index in [4.69, 9.17) is 14.9 Å². The first-order valence-electron chi connectivity index (χ1n) is 4.02. The van der Waals surface area contributed by atoms with Crippen molar-refractivity contribution in [3.8, 4) is 17.3 Å². The second kappa shape index (κ2) is 3.37. The lowest BCUT2D eigenvalue weighted by molar-refractivity contribution is 0.397. The van der Waals surface area contributed by atoms with E-state index in [1.807, 2.05) is 0 Å².